The number of rotatable bonds is 3. The van der Waals surface area contributed by atoms with Crippen LogP contribution in [0.15, 0.2) is 24.8 Å². The summed E-state index contributed by atoms with van der Waals surface area (Å²) in [5.74, 6) is 0.728. The molecule has 1 fully saturated rings. The molecule has 0 aromatic carbocycles. The maximum absolute atomic E-state index is 11.2. The van der Waals surface area contributed by atoms with Crippen molar-refractivity contribution in [3.8, 4) is 11.4 Å². The molecule has 0 N–H and O–H groups in total. The van der Waals surface area contributed by atoms with Crippen molar-refractivity contribution >= 4 is 5.69 Å². The molecule has 2 aromatic heterocycles. The smallest absolute Gasteiger partial charge is 0.262 e. The normalized spacial score (nSPS) is 22.1. The van der Waals surface area contributed by atoms with Crippen molar-refractivity contribution < 1.29 is 4.92 Å². The minimum absolute atomic E-state index is 0.00544. The molecule has 7 heteroatoms. The van der Waals surface area contributed by atoms with Gasteiger partial charge in [0.2, 0.25) is 0 Å². The monoisotopic (exact) mass is 287 g/mol. The van der Waals surface area contributed by atoms with Crippen molar-refractivity contribution in [3.63, 3.8) is 0 Å². The lowest BCUT2D eigenvalue weighted by molar-refractivity contribution is -0.384. The fourth-order valence-corrected chi connectivity index (χ4v) is 2.81. The van der Waals surface area contributed by atoms with Gasteiger partial charge in [-0.05, 0) is 31.6 Å². The highest BCUT2D eigenvalue weighted by Gasteiger charge is 2.27. The van der Waals surface area contributed by atoms with E-state index in [1.54, 1.807) is 4.68 Å². The van der Waals surface area contributed by atoms with Crippen molar-refractivity contribution in [2.75, 3.05) is 0 Å². The standard InChI is InChI=1S/C14H17N5O2/c1-10-2-4-11(5-3-10)18-9-13(19(20)21)14(17-18)12-8-15-6-7-16-12/h6-11H,2-5H2,1H3. The highest BCUT2D eigenvalue weighted by Crippen LogP contribution is 2.34. The first-order chi connectivity index (χ1) is 10.1. The lowest BCUT2D eigenvalue weighted by Gasteiger charge is -2.26. The van der Waals surface area contributed by atoms with Crippen molar-refractivity contribution in [2.45, 2.75) is 38.6 Å². The van der Waals surface area contributed by atoms with Crippen molar-refractivity contribution in [3.05, 3.63) is 34.9 Å². The summed E-state index contributed by atoms with van der Waals surface area (Å²) < 4.78 is 1.74. The van der Waals surface area contributed by atoms with Crippen LogP contribution < -0.4 is 0 Å². The zero-order chi connectivity index (χ0) is 14.8. The molecule has 0 saturated heterocycles. The Morgan fingerprint density at radius 2 is 2.05 bits per heavy atom. The predicted molar refractivity (Wildman–Crippen MR) is 76.6 cm³/mol. The molecule has 2 heterocycles. The SMILES string of the molecule is CC1CCC(n2cc([N+](=O)[O-])c(-c3cnccn3)n2)CC1. The van der Waals surface area contributed by atoms with Gasteiger partial charge in [0, 0.05) is 12.4 Å². The van der Waals surface area contributed by atoms with E-state index in [1.165, 1.54) is 24.8 Å². The number of hydrogen-bond acceptors (Lipinski definition) is 5. The van der Waals surface area contributed by atoms with E-state index in [0.717, 1.165) is 31.6 Å². The molecule has 0 radical (unpaired) electrons. The topological polar surface area (TPSA) is 86.7 Å². The second kappa shape index (κ2) is 5.59. The zero-order valence-corrected chi connectivity index (χ0v) is 11.8. The fourth-order valence-electron chi connectivity index (χ4n) is 2.81. The molecular weight excluding hydrogens is 270 g/mol. The van der Waals surface area contributed by atoms with Crippen molar-refractivity contribution in [1.82, 2.24) is 19.7 Å². The van der Waals surface area contributed by atoms with E-state index in [-0.39, 0.29) is 11.7 Å². The third-order valence-corrected chi connectivity index (χ3v) is 4.07. The van der Waals surface area contributed by atoms with Crippen molar-refractivity contribution in [2.24, 2.45) is 5.92 Å². The minimum atomic E-state index is -0.404. The van der Waals surface area contributed by atoms with Gasteiger partial charge in [-0.15, -0.1) is 0 Å². The van der Waals surface area contributed by atoms with E-state index in [9.17, 15) is 10.1 Å². The summed E-state index contributed by atoms with van der Waals surface area (Å²) in [5.41, 5.74) is 0.730. The predicted octanol–water partition coefficient (Wildman–Crippen LogP) is 3.00. The molecule has 110 valence electrons. The Morgan fingerprint density at radius 1 is 1.29 bits per heavy atom. The highest BCUT2D eigenvalue weighted by molar-refractivity contribution is 5.64. The van der Waals surface area contributed by atoms with Crippen LogP contribution in [0, 0.1) is 16.0 Å². The lowest BCUT2D eigenvalue weighted by atomic mass is 9.87. The zero-order valence-electron chi connectivity index (χ0n) is 11.8. The third kappa shape index (κ3) is 2.76. The molecule has 2 aromatic rings. The molecule has 7 nitrogen and oxygen atoms in total. The molecule has 0 bridgehead atoms. The Balaban J connectivity index is 1.95. The molecule has 0 unspecified atom stereocenters. The molecule has 0 amide bonds. The Labute approximate surface area is 122 Å². The van der Waals surface area contributed by atoms with E-state index < -0.39 is 4.92 Å². The summed E-state index contributed by atoms with van der Waals surface area (Å²) in [7, 11) is 0. The number of nitrogens with zero attached hydrogens (tertiary/aromatic N) is 5. The van der Waals surface area contributed by atoms with Gasteiger partial charge >= 0.3 is 5.69 Å². The minimum Gasteiger partial charge on any atom is -0.262 e. The first-order valence-electron chi connectivity index (χ1n) is 7.15. The van der Waals surface area contributed by atoms with Crippen LogP contribution in [0.1, 0.15) is 38.6 Å². The van der Waals surface area contributed by atoms with E-state index in [2.05, 4.69) is 22.0 Å². The van der Waals surface area contributed by atoms with Gasteiger partial charge in [0.1, 0.15) is 11.9 Å². The second-order valence-electron chi connectivity index (χ2n) is 5.60. The number of hydrogen-bond donors (Lipinski definition) is 0. The largest absolute Gasteiger partial charge is 0.316 e. The average Bonchev–Trinajstić information content (AvgIpc) is 2.94. The summed E-state index contributed by atoms with van der Waals surface area (Å²) in [6, 6.07) is 0.241. The molecule has 0 aliphatic heterocycles. The highest BCUT2D eigenvalue weighted by atomic mass is 16.6. The first kappa shape index (κ1) is 13.7. The van der Waals surface area contributed by atoms with E-state index in [1.807, 2.05) is 0 Å². The summed E-state index contributed by atoms with van der Waals surface area (Å²) in [6.45, 7) is 2.24. The van der Waals surface area contributed by atoms with E-state index >= 15 is 0 Å². The van der Waals surface area contributed by atoms with Gasteiger partial charge in [0.25, 0.3) is 0 Å². The van der Waals surface area contributed by atoms with Crippen LogP contribution >= 0.6 is 0 Å². The summed E-state index contributed by atoms with van der Waals surface area (Å²) in [4.78, 5) is 18.9. The van der Waals surface area contributed by atoms with Gasteiger partial charge in [-0.1, -0.05) is 6.92 Å². The molecule has 1 saturated carbocycles. The summed E-state index contributed by atoms with van der Waals surface area (Å²) in [5, 5.41) is 15.7. The second-order valence-corrected chi connectivity index (χ2v) is 5.60. The maximum Gasteiger partial charge on any atom is 0.316 e. The van der Waals surface area contributed by atoms with Crippen molar-refractivity contribution in [1.29, 1.82) is 0 Å². The fraction of sp³-hybridized carbons (Fsp3) is 0.500. The first-order valence-corrected chi connectivity index (χ1v) is 7.15. The van der Waals surface area contributed by atoms with E-state index in [4.69, 9.17) is 0 Å². The van der Waals surface area contributed by atoms with Gasteiger partial charge in [0.15, 0.2) is 5.69 Å². The molecule has 0 spiro atoms. The van der Waals surface area contributed by atoms with Crippen LogP contribution in [-0.4, -0.2) is 24.7 Å². The summed E-state index contributed by atoms with van der Waals surface area (Å²) in [6.07, 6.45) is 10.4. The van der Waals surface area contributed by atoms with Crippen LogP contribution in [0.5, 0.6) is 0 Å². The van der Waals surface area contributed by atoms with Gasteiger partial charge < -0.3 is 0 Å². The molecule has 3 rings (SSSR count). The van der Waals surface area contributed by atoms with Gasteiger partial charge in [-0.25, -0.2) is 0 Å². The maximum atomic E-state index is 11.2. The van der Waals surface area contributed by atoms with Crippen LogP contribution in [0.4, 0.5) is 5.69 Å². The quantitative estimate of drug-likeness (QED) is 0.639. The third-order valence-electron chi connectivity index (χ3n) is 4.07. The van der Waals surface area contributed by atoms with E-state index in [0.29, 0.717) is 11.4 Å². The van der Waals surface area contributed by atoms with Crippen LogP contribution in [0.25, 0.3) is 11.4 Å². The number of aromatic nitrogens is 4. The van der Waals surface area contributed by atoms with Gasteiger partial charge in [0.05, 0.1) is 17.2 Å². The van der Waals surface area contributed by atoms with Gasteiger partial charge in [-0.3, -0.25) is 24.8 Å². The van der Waals surface area contributed by atoms with Crippen LogP contribution in [0.2, 0.25) is 0 Å². The molecule has 1 aliphatic carbocycles. The average molecular weight is 287 g/mol. The van der Waals surface area contributed by atoms with Gasteiger partial charge in [-0.2, -0.15) is 5.10 Å². The molecular formula is C14H17N5O2. The van der Waals surface area contributed by atoms with Crippen LogP contribution in [-0.2, 0) is 0 Å². The Morgan fingerprint density at radius 3 is 2.67 bits per heavy atom. The number of nitro groups is 1. The molecule has 21 heavy (non-hydrogen) atoms. The Bertz CT molecular complexity index is 632. The molecule has 0 atom stereocenters. The Kier molecular flexibility index (Phi) is 3.64. The summed E-state index contributed by atoms with van der Waals surface area (Å²) >= 11 is 0. The van der Waals surface area contributed by atoms with Crippen LogP contribution in [0.3, 0.4) is 0 Å². The lowest BCUT2D eigenvalue weighted by Crippen LogP contribution is -2.17. The molecule has 1 aliphatic rings. The Hall–Kier alpha value is -2.31.